The first kappa shape index (κ1) is 15.3. The van der Waals surface area contributed by atoms with Crippen molar-refractivity contribution >= 4 is 5.97 Å². The average Bonchev–Trinajstić information content (AvgIpc) is 2.48. The van der Waals surface area contributed by atoms with Gasteiger partial charge in [-0.1, -0.05) is 68.4 Å². The summed E-state index contributed by atoms with van der Waals surface area (Å²) in [5.74, 6) is 0.259. The summed E-state index contributed by atoms with van der Waals surface area (Å²) in [6.45, 7) is 4.65. The van der Waals surface area contributed by atoms with Crippen molar-refractivity contribution < 1.29 is 9.53 Å². The van der Waals surface area contributed by atoms with Crippen molar-refractivity contribution in [3.05, 3.63) is 77.7 Å². The highest BCUT2D eigenvalue weighted by Crippen LogP contribution is 2.16. The molecule has 0 unspecified atom stereocenters. The van der Waals surface area contributed by atoms with Crippen LogP contribution >= 0.6 is 0 Å². The van der Waals surface area contributed by atoms with E-state index < -0.39 is 0 Å². The third-order valence-corrected chi connectivity index (χ3v) is 3.18. The van der Waals surface area contributed by atoms with Gasteiger partial charge < -0.3 is 4.74 Å². The van der Waals surface area contributed by atoms with Crippen LogP contribution < -0.4 is 0 Å². The molecule has 0 bridgehead atoms. The van der Waals surface area contributed by atoms with Crippen molar-refractivity contribution in [2.24, 2.45) is 5.92 Å². The van der Waals surface area contributed by atoms with Crippen LogP contribution in [0.25, 0.3) is 0 Å². The summed E-state index contributed by atoms with van der Waals surface area (Å²) in [5, 5.41) is 0. The maximum Gasteiger partial charge on any atom is 0.314 e. The van der Waals surface area contributed by atoms with Crippen LogP contribution in [0.15, 0.2) is 54.6 Å². The Balaban J connectivity index is 1.93. The first-order chi connectivity index (χ1) is 10.1. The van der Waals surface area contributed by atoms with Crippen LogP contribution in [0.2, 0.25) is 0 Å². The monoisotopic (exact) mass is 281 g/mol. The Morgan fingerprint density at radius 2 is 1.71 bits per heavy atom. The molecule has 0 saturated carbocycles. The third-order valence-electron chi connectivity index (χ3n) is 3.18. The van der Waals surface area contributed by atoms with E-state index in [1.807, 2.05) is 48.5 Å². The normalized spacial score (nSPS) is 10.6. The third kappa shape index (κ3) is 5.07. The largest absolute Gasteiger partial charge is 0.460 e. The van der Waals surface area contributed by atoms with Crippen molar-refractivity contribution in [3.8, 4) is 0 Å². The van der Waals surface area contributed by atoms with Crippen LogP contribution in [0, 0.1) is 12.3 Å². The molecule has 0 saturated heterocycles. The smallest absolute Gasteiger partial charge is 0.314 e. The number of carbonyl (C=O) groups excluding carboxylic acids is 1. The Kier molecular flexibility index (Phi) is 5.56. The number of esters is 1. The van der Waals surface area contributed by atoms with Crippen LogP contribution in [-0.4, -0.2) is 5.97 Å². The van der Waals surface area contributed by atoms with Gasteiger partial charge in [-0.25, -0.2) is 0 Å². The SMILES string of the molecule is CC(C)Cc1ccccc1[CH]C(=O)OCc1ccccc1. The van der Waals surface area contributed by atoms with Gasteiger partial charge in [-0.15, -0.1) is 0 Å². The van der Waals surface area contributed by atoms with Crippen LogP contribution in [0.4, 0.5) is 0 Å². The zero-order valence-corrected chi connectivity index (χ0v) is 12.6. The van der Waals surface area contributed by atoms with Crippen LogP contribution in [0.1, 0.15) is 30.5 Å². The summed E-state index contributed by atoms with van der Waals surface area (Å²) in [6, 6.07) is 17.7. The van der Waals surface area contributed by atoms with Crippen molar-refractivity contribution in [3.63, 3.8) is 0 Å². The van der Waals surface area contributed by atoms with Gasteiger partial charge >= 0.3 is 5.97 Å². The van der Waals surface area contributed by atoms with Gasteiger partial charge in [0, 0.05) is 0 Å². The zero-order chi connectivity index (χ0) is 15.1. The van der Waals surface area contributed by atoms with E-state index in [2.05, 4.69) is 19.9 Å². The molecule has 2 aromatic rings. The fourth-order valence-electron chi connectivity index (χ4n) is 2.20. The Hall–Kier alpha value is -2.09. The topological polar surface area (TPSA) is 26.3 Å². The van der Waals surface area contributed by atoms with Crippen molar-refractivity contribution in [2.45, 2.75) is 26.9 Å². The minimum Gasteiger partial charge on any atom is -0.460 e. The number of hydrogen-bond acceptors (Lipinski definition) is 2. The van der Waals surface area contributed by atoms with E-state index in [1.165, 1.54) is 5.56 Å². The Bertz CT molecular complexity index is 573. The van der Waals surface area contributed by atoms with E-state index in [0.29, 0.717) is 12.5 Å². The Morgan fingerprint density at radius 1 is 1.05 bits per heavy atom. The van der Waals surface area contributed by atoms with Gasteiger partial charge in [-0.05, 0) is 29.0 Å². The van der Waals surface area contributed by atoms with E-state index >= 15 is 0 Å². The molecule has 0 heterocycles. The van der Waals surface area contributed by atoms with Gasteiger partial charge in [-0.3, -0.25) is 4.79 Å². The van der Waals surface area contributed by atoms with Crippen LogP contribution in [0.5, 0.6) is 0 Å². The van der Waals surface area contributed by atoms with Gasteiger partial charge in [0.1, 0.15) is 6.61 Å². The molecule has 0 atom stereocenters. The van der Waals surface area contributed by atoms with Gasteiger partial charge in [0.2, 0.25) is 0 Å². The Morgan fingerprint density at radius 3 is 2.43 bits per heavy atom. The lowest BCUT2D eigenvalue weighted by atomic mass is 9.96. The molecule has 2 aromatic carbocycles. The molecule has 0 aliphatic carbocycles. The number of benzene rings is 2. The summed E-state index contributed by atoms with van der Waals surface area (Å²) in [7, 11) is 0. The fraction of sp³-hybridized carbons (Fsp3) is 0.263. The maximum absolute atomic E-state index is 11.9. The predicted octanol–water partition coefficient (Wildman–Crippen LogP) is 4.18. The number of carbonyl (C=O) groups is 1. The lowest BCUT2D eigenvalue weighted by molar-refractivity contribution is -0.140. The van der Waals surface area contributed by atoms with E-state index in [9.17, 15) is 4.79 Å². The highest BCUT2D eigenvalue weighted by atomic mass is 16.5. The lowest BCUT2D eigenvalue weighted by Gasteiger charge is -2.11. The summed E-state index contributed by atoms with van der Waals surface area (Å²) in [5.41, 5.74) is 3.13. The molecule has 2 heteroatoms. The van der Waals surface area contributed by atoms with Gasteiger partial charge in [-0.2, -0.15) is 0 Å². The van der Waals surface area contributed by atoms with E-state index in [0.717, 1.165) is 17.5 Å². The minimum atomic E-state index is -0.296. The van der Waals surface area contributed by atoms with Crippen molar-refractivity contribution in [1.29, 1.82) is 0 Å². The first-order valence-electron chi connectivity index (χ1n) is 7.28. The van der Waals surface area contributed by atoms with Gasteiger partial charge in [0.05, 0.1) is 6.42 Å². The van der Waals surface area contributed by atoms with Gasteiger partial charge in [0.15, 0.2) is 0 Å². The maximum atomic E-state index is 11.9. The van der Waals surface area contributed by atoms with Crippen molar-refractivity contribution in [2.75, 3.05) is 0 Å². The molecule has 21 heavy (non-hydrogen) atoms. The molecule has 0 fully saturated rings. The molecule has 0 aliphatic heterocycles. The summed E-state index contributed by atoms with van der Waals surface area (Å²) in [4.78, 5) is 11.9. The summed E-state index contributed by atoms with van der Waals surface area (Å²) < 4.78 is 5.30. The first-order valence-corrected chi connectivity index (χ1v) is 7.28. The van der Waals surface area contributed by atoms with Crippen LogP contribution in [0.3, 0.4) is 0 Å². The van der Waals surface area contributed by atoms with E-state index in [1.54, 1.807) is 6.42 Å². The van der Waals surface area contributed by atoms with E-state index in [-0.39, 0.29) is 5.97 Å². The Labute approximate surface area is 126 Å². The fourth-order valence-corrected chi connectivity index (χ4v) is 2.20. The molecular weight excluding hydrogens is 260 g/mol. The highest BCUT2D eigenvalue weighted by molar-refractivity contribution is 5.83. The summed E-state index contributed by atoms with van der Waals surface area (Å²) >= 11 is 0. The second-order valence-corrected chi connectivity index (χ2v) is 5.53. The van der Waals surface area contributed by atoms with Crippen LogP contribution in [-0.2, 0) is 22.6 Å². The number of ether oxygens (including phenoxy) is 1. The molecule has 0 amide bonds. The minimum absolute atomic E-state index is 0.296. The molecule has 1 radical (unpaired) electrons. The number of rotatable bonds is 6. The number of hydrogen-bond donors (Lipinski definition) is 0. The lowest BCUT2D eigenvalue weighted by Crippen LogP contribution is -2.08. The molecule has 2 nitrogen and oxygen atoms in total. The van der Waals surface area contributed by atoms with E-state index in [4.69, 9.17) is 4.74 Å². The molecule has 0 aliphatic rings. The van der Waals surface area contributed by atoms with Crippen molar-refractivity contribution in [1.82, 2.24) is 0 Å². The molecule has 109 valence electrons. The standard InChI is InChI=1S/C19H21O2/c1-15(2)12-17-10-6-7-11-18(17)13-19(20)21-14-16-8-4-3-5-9-16/h3-11,13,15H,12,14H2,1-2H3. The molecular formula is C19H21O2. The molecule has 0 N–H and O–H groups in total. The second kappa shape index (κ2) is 7.63. The molecule has 2 rings (SSSR count). The van der Waals surface area contributed by atoms with Gasteiger partial charge in [0.25, 0.3) is 0 Å². The highest BCUT2D eigenvalue weighted by Gasteiger charge is 2.10. The average molecular weight is 281 g/mol. The zero-order valence-electron chi connectivity index (χ0n) is 12.6. The molecule has 0 aromatic heterocycles. The quantitative estimate of drug-likeness (QED) is 0.742. The second-order valence-electron chi connectivity index (χ2n) is 5.53. The summed E-state index contributed by atoms with van der Waals surface area (Å²) in [6.07, 6.45) is 2.54. The predicted molar refractivity (Wildman–Crippen MR) is 84.6 cm³/mol. The molecule has 0 spiro atoms.